The van der Waals surface area contributed by atoms with Crippen LogP contribution in [0.1, 0.15) is 30.1 Å². The monoisotopic (exact) mass is 407 g/mol. The lowest BCUT2D eigenvalue weighted by atomic mass is 9.98. The van der Waals surface area contributed by atoms with Gasteiger partial charge in [-0.1, -0.05) is 23.2 Å². The molecule has 0 radical (unpaired) electrons. The van der Waals surface area contributed by atoms with Crippen LogP contribution in [0.25, 0.3) is 0 Å². The fourth-order valence-electron chi connectivity index (χ4n) is 2.60. The summed E-state index contributed by atoms with van der Waals surface area (Å²) in [5.74, 6) is -1.27. The van der Waals surface area contributed by atoms with Gasteiger partial charge in [-0.15, -0.1) is 0 Å². The Morgan fingerprint density at radius 1 is 1.24 bits per heavy atom. The third kappa shape index (κ3) is 5.17. The number of esters is 1. The number of carbonyl (C=O) groups is 2. The van der Waals surface area contributed by atoms with Crippen LogP contribution in [-0.2, 0) is 19.6 Å². The van der Waals surface area contributed by atoms with E-state index in [1.54, 1.807) is 6.92 Å². The molecule has 1 heterocycles. The molecule has 0 unspecified atom stereocenters. The number of benzene rings is 1. The first-order valence-electron chi connectivity index (χ1n) is 7.87. The minimum absolute atomic E-state index is 0.0401. The van der Waals surface area contributed by atoms with Gasteiger partial charge >= 0.3 is 5.97 Å². The molecule has 1 aliphatic heterocycles. The second-order valence-electron chi connectivity index (χ2n) is 5.73. The van der Waals surface area contributed by atoms with Crippen LogP contribution in [0.3, 0.4) is 0 Å². The van der Waals surface area contributed by atoms with Gasteiger partial charge in [0.25, 0.3) is 0 Å². The van der Waals surface area contributed by atoms with Crippen LogP contribution in [-0.4, -0.2) is 49.9 Å². The zero-order valence-electron chi connectivity index (χ0n) is 13.7. The first kappa shape index (κ1) is 20.2. The summed E-state index contributed by atoms with van der Waals surface area (Å²) in [4.78, 5) is 24.2. The molecule has 0 aliphatic carbocycles. The molecule has 1 saturated heterocycles. The van der Waals surface area contributed by atoms with E-state index in [0.29, 0.717) is 17.9 Å². The molecule has 0 spiro atoms. The third-order valence-corrected chi connectivity index (χ3v) is 6.55. The predicted octanol–water partition coefficient (Wildman–Crippen LogP) is 2.78. The van der Waals surface area contributed by atoms with E-state index >= 15 is 0 Å². The number of rotatable bonds is 6. The Kier molecular flexibility index (Phi) is 6.85. The molecule has 6 nitrogen and oxygen atoms in total. The molecule has 25 heavy (non-hydrogen) atoms. The number of Topliss-reactive ketones (excluding diaryl/α,β-unsaturated/α-hetero) is 1. The number of piperidine rings is 1. The van der Waals surface area contributed by atoms with Crippen molar-refractivity contribution in [3.8, 4) is 0 Å². The molecule has 0 atom stereocenters. The van der Waals surface area contributed by atoms with E-state index in [-0.39, 0.29) is 29.4 Å². The largest absolute Gasteiger partial charge is 0.457 e. The van der Waals surface area contributed by atoms with Gasteiger partial charge in [-0.25, -0.2) is 12.7 Å². The summed E-state index contributed by atoms with van der Waals surface area (Å²) in [7, 11) is -3.24. The second kappa shape index (κ2) is 8.49. The summed E-state index contributed by atoms with van der Waals surface area (Å²) < 4.78 is 30.1. The zero-order chi connectivity index (χ0) is 18.6. The van der Waals surface area contributed by atoms with Crippen LogP contribution < -0.4 is 0 Å². The maximum atomic E-state index is 12.1. The second-order valence-corrected chi connectivity index (χ2v) is 8.83. The number of hydrogen-bond acceptors (Lipinski definition) is 5. The lowest BCUT2D eigenvalue weighted by Crippen LogP contribution is -2.41. The highest BCUT2D eigenvalue weighted by Gasteiger charge is 2.31. The van der Waals surface area contributed by atoms with Gasteiger partial charge < -0.3 is 4.74 Å². The molecule has 1 aliphatic rings. The Bertz CT molecular complexity index is 758. The molecule has 0 amide bonds. The maximum Gasteiger partial charge on any atom is 0.309 e. The average molecular weight is 408 g/mol. The van der Waals surface area contributed by atoms with E-state index < -0.39 is 34.3 Å². The van der Waals surface area contributed by atoms with Crippen LogP contribution in [0.15, 0.2) is 18.2 Å². The quantitative estimate of drug-likeness (QED) is 0.534. The highest BCUT2D eigenvalue weighted by atomic mass is 35.5. The van der Waals surface area contributed by atoms with E-state index in [1.807, 2.05) is 0 Å². The molecule has 0 saturated carbocycles. The summed E-state index contributed by atoms with van der Waals surface area (Å²) in [6.07, 6.45) is 0.766. The maximum absolute atomic E-state index is 12.1. The Morgan fingerprint density at radius 2 is 1.88 bits per heavy atom. The number of nitrogens with zero attached hydrogens (tertiary/aromatic N) is 1. The SMILES string of the molecule is CCS(=O)(=O)N1CCC(C(=O)OCC(=O)c2ccc(Cl)cc2Cl)CC1. The molecule has 138 valence electrons. The summed E-state index contributed by atoms with van der Waals surface area (Å²) >= 11 is 11.7. The van der Waals surface area contributed by atoms with Crippen molar-refractivity contribution < 1.29 is 22.7 Å². The Labute approximate surface area is 157 Å². The van der Waals surface area contributed by atoms with Crippen LogP contribution in [0, 0.1) is 5.92 Å². The van der Waals surface area contributed by atoms with Crippen LogP contribution >= 0.6 is 23.2 Å². The first-order valence-corrected chi connectivity index (χ1v) is 10.2. The molecule has 1 aromatic rings. The minimum Gasteiger partial charge on any atom is -0.457 e. The standard InChI is InChI=1S/C16H19Cl2NO5S/c1-2-25(22,23)19-7-5-11(6-8-19)16(21)24-10-15(20)13-4-3-12(17)9-14(13)18/h3-4,9,11H,2,5-8,10H2,1H3. The van der Waals surface area contributed by atoms with Gasteiger partial charge in [-0.05, 0) is 38.0 Å². The summed E-state index contributed by atoms with van der Waals surface area (Å²) in [6, 6.07) is 4.46. The summed E-state index contributed by atoms with van der Waals surface area (Å²) in [5.41, 5.74) is 0.239. The van der Waals surface area contributed by atoms with Crippen LogP contribution in [0.2, 0.25) is 10.0 Å². The molecule has 9 heteroatoms. The lowest BCUT2D eigenvalue weighted by molar-refractivity contribution is -0.148. The van der Waals surface area contributed by atoms with Gasteiger partial charge in [-0.3, -0.25) is 9.59 Å². The molecular weight excluding hydrogens is 389 g/mol. The molecule has 1 fully saturated rings. The van der Waals surface area contributed by atoms with Crippen LogP contribution in [0.5, 0.6) is 0 Å². The number of halogens is 2. The minimum atomic E-state index is -3.24. The van der Waals surface area contributed by atoms with Gasteiger partial charge in [0.2, 0.25) is 15.8 Å². The average Bonchev–Trinajstić information content (AvgIpc) is 2.59. The van der Waals surface area contributed by atoms with Gasteiger partial charge in [0.05, 0.1) is 16.7 Å². The summed E-state index contributed by atoms with van der Waals surface area (Å²) in [6.45, 7) is 1.75. The van der Waals surface area contributed by atoms with Crippen molar-refractivity contribution in [1.29, 1.82) is 0 Å². The fourth-order valence-corrected chi connectivity index (χ4v) is 4.25. The third-order valence-electron chi connectivity index (χ3n) is 4.12. The molecule has 0 bridgehead atoms. The van der Waals surface area contributed by atoms with E-state index in [9.17, 15) is 18.0 Å². The van der Waals surface area contributed by atoms with Crippen molar-refractivity contribution in [3.05, 3.63) is 33.8 Å². The number of sulfonamides is 1. The summed E-state index contributed by atoms with van der Waals surface area (Å²) in [5, 5.41) is 0.610. The van der Waals surface area contributed by atoms with E-state index in [0.717, 1.165) is 0 Å². The van der Waals surface area contributed by atoms with E-state index in [4.69, 9.17) is 27.9 Å². The highest BCUT2D eigenvalue weighted by Crippen LogP contribution is 2.23. The lowest BCUT2D eigenvalue weighted by Gasteiger charge is -2.29. The predicted molar refractivity (Wildman–Crippen MR) is 95.5 cm³/mol. The van der Waals surface area contributed by atoms with Crippen molar-refractivity contribution in [2.75, 3.05) is 25.4 Å². The van der Waals surface area contributed by atoms with Crippen LogP contribution in [0.4, 0.5) is 0 Å². The molecule has 2 rings (SSSR count). The first-order chi connectivity index (χ1) is 11.7. The van der Waals surface area contributed by atoms with Crippen molar-refractivity contribution in [1.82, 2.24) is 4.31 Å². The van der Waals surface area contributed by atoms with Crippen molar-refractivity contribution >= 4 is 45.0 Å². The van der Waals surface area contributed by atoms with E-state index in [2.05, 4.69) is 0 Å². The smallest absolute Gasteiger partial charge is 0.309 e. The highest BCUT2D eigenvalue weighted by molar-refractivity contribution is 7.89. The zero-order valence-corrected chi connectivity index (χ0v) is 16.0. The van der Waals surface area contributed by atoms with Crippen molar-refractivity contribution in [2.24, 2.45) is 5.92 Å². The number of ether oxygens (including phenoxy) is 1. The molecule has 1 aromatic carbocycles. The molecular formula is C16H19Cl2NO5S. The molecule has 0 N–H and O–H groups in total. The van der Waals surface area contributed by atoms with Gasteiger partial charge in [-0.2, -0.15) is 0 Å². The normalized spacial score (nSPS) is 16.6. The fraction of sp³-hybridized carbons (Fsp3) is 0.500. The number of ketones is 1. The Hall–Kier alpha value is -1.15. The van der Waals surface area contributed by atoms with Gasteiger partial charge in [0, 0.05) is 23.7 Å². The number of carbonyl (C=O) groups excluding carboxylic acids is 2. The Balaban J connectivity index is 1.86. The molecule has 0 aromatic heterocycles. The van der Waals surface area contributed by atoms with Gasteiger partial charge in [0.15, 0.2) is 6.61 Å². The van der Waals surface area contributed by atoms with Crippen molar-refractivity contribution in [2.45, 2.75) is 19.8 Å². The topological polar surface area (TPSA) is 80.8 Å². The Morgan fingerprint density at radius 3 is 2.44 bits per heavy atom. The van der Waals surface area contributed by atoms with Crippen molar-refractivity contribution in [3.63, 3.8) is 0 Å². The van der Waals surface area contributed by atoms with E-state index in [1.165, 1.54) is 22.5 Å². The van der Waals surface area contributed by atoms with Gasteiger partial charge in [0.1, 0.15) is 0 Å². The number of hydrogen-bond donors (Lipinski definition) is 0.